The molecule has 0 amide bonds. The van der Waals surface area contributed by atoms with Crippen LogP contribution in [0, 0.1) is 0 Å². The van der Waals surface area contributed by atoms with Crippen LogP contribution in [0.4, 0.5) is 0 Å². The van der Waals surface area contributed by atoms with Gasteiger partial charge in [-0.1, -0.05) is 0 Å². The van der Waals surface area contributed by atoms with E-state index < -0.39 is 0 Å². The molecule has 0 aliphatic heterocycles. The summed E-state index contributed by atoms with van der Waals surface area (Å²) in [6, 6.07) is 3.90. The van der Waals surface area contributed by atoms with Gasteiger partial charge in [-0.25, -0.2) is 9.67 Å². The smallest absolute Gasteiger partial charge is 0.193 e. The van der Waals surface area contributed by atoms with Crippen molar-refractivity contribution in [2.24, 2.45) is 7.05 Å². The van der Waals surface area contributed by atoms with Gasteiger partial charge in [0.2, 0.25) is 0 Å². The molecule has 4 aromatic rings. The molecule has 0 unspecified atom stereocenters. The van der Waals surface area contributed by atoms with E-state index in [9.17, 15) is 0 Å². The van der Waals surface area contributed by atoms with Crippen LogP contribution < -0.4 is 0 Å². The third-order valence-electron chi connectivity index (χ3n) is 3.09. The van der Waals surface area contributed by atoms with Crippen LogP contribution in [-0.4, -0.2) is 29.7 Å². The van der Waals surface area contributed by atoms with Crippen LogP contribution in [0.15, 0.2) is 36.2 Å². The molecule has 0 spiro atoms. The highest BCUT2D eigenvalue weighted by Crippen LogP contribution is 2.28. The van der Waals surface area contributed by atoms with Gasteiger partial charge < -0.3 is 4.98 Å². The Morgan fingerprint density at radius 3 is 3.15 bits per heavy atom. The van der Waals surface area contributed by atoms with Crippen LogP contribution in [0.5, 0.6) is 0 Å². The summed E-state index contributed by atoms with van der Waals surface area (Å²) in [6.07, 6.45) is 5.47. The molecule has 0 radical (unpaired) electrons. The summed E-state index contributed by atoms with van der Waals surface area (Å²) in [5.74, 6) is 1.48. The number of aryl methyl sites for hydroxylation is 1. The van der Waals surface area contributed by atoms with Crippen LogP contribution in [0.1, 0.15) is 0 Å². The molecular formula is C13H10N6S. The number of rotatable bonds is 2. The lowest BCUT2D eigenvalue weighted by Crippen LogP contribution is -1.94. The van der Waals surface area contributed by atoms with Crippen LogP contribution in [0.25, 0.3) is 33.1 Å². The zero-order chi connectivity index (χ0) is 13.5. The highest BCUT2D eigenvalue weighted by molar-refractivity contribution is 7.13. The number of thiazole rings is 1. The van der Waals surface area contributed by atoms with Gasteiger partial charge in [-0.3, -0.25) is 9.97 Å². The minimum absolute atomic E-state index is 0.690. The first-order valence-corrected chi connectivity index (χ1v) is 6.93. The van der Waals surface area contributed by atoms with E-state index >= 15 is 0 Å². The van der Waals surface area contributed by atoms with Crippen LogP contribution in [-0.2, 0) is 7.05 Å². The van der Waals surface area contributed by atoms with Crippen LogP contribution in [0.2, 0.25) is 0 Å². The summed E-state index contributed by atoms with van der Waals surface area (Å²) in [5, 5.41) is 4.45. The molecule has 4 heterocycles. The molecule has 98 valence electrons. The molecule has 0 aliphatic rings. The SMILES string of the molecule is Cn1nc(-c2cncs2)nc1-c1c[nH]c2cccnc12. The lowest BCUT2D eigenvalue weighted by atomic mass is 10.2. The summed E-state index contributed by atoms with van der Waals surface area (Å²) < 4.78 is 1.77. The van der Waals surface area contributed by atoms with E-state index in [0.29, 0.717) is 5.82 Å². The molecule has 4 rings (SSSR count). The number of nitrogens with zero attached hydrogens (tertiary/aromatic N) is 5. The summed E-state index contributed by atoms with van der Waals surface area (Å²) in [6.45, 7) is 0. The van der Waals surface area contributed by atoms with Crippen LogP contribution >= 0.6 is 11.3 Å². The van der Waals surface area contributed by atoms with E-state index in [-0.39, 0.29) is 0 Å². The number of aromatic amines is 1. The number of hydrogen-bond donors (Lipinski definition) is 1. The number of pyridine rings is 1. The lowest BCUT2D eigenvalue weighted by molar-refractivity contribution is 0.778. The maximum absolute atomic E-state index is 4.61. The van der Waals surface area contributed by atoms with Gasteiger partial charge in [-0.2, -0.15) is 0 Å². The first-order valence-electron chi connectivity index (χ1n) is 6.05. The molecule has 20 heavy (non-hydrogen) atoms. The average molecular weight is 282 g/mol. The standard InChI is InChI=1S/C13H10N6S/c1-19-13(17-12(18-19)10-6-14-7-20-10)8-5-16-9-3-2-4-15-11(8)9/h2-7,16H,1H3. The molecular weight excluding hydrogens is 272 g/mol. The Kier molecular flexibility index (Phi) is 2.40. The van der Waals surface area contributed by atoms with Crippen molar-refractivity contribution in [1.29, 1.82) is 0 Å². The van der Waals surface area contributed by atoms with Crippen LogP contribution in [0.3, 0.4) is 0 Å². The van der Waals surface area contributed by atoms with Gasteiger partial charge in [-0.15, -0.1) is 16.4 Å². The van der Waals surface area contributed by atoms with Gasteiger partial charge in [0, 0.05) is 25.6 Å². The number of fused-ring (bicyclic) bond motifs is 1. The normalized spacial score (nSPS) is 11.2. The Balaban J connectivity index is 1.90. The third-order valence-corrected chi connectivity index (χ3v) is 3.86. The molecule has 0 fully saturated rings. The van der Waals surface area contributed by atoms with Gasteiger partial charge >= 0.3 is 0 Å². The van der Waals surface area contributed by atoms with Gasteiger partial charge in [0.25, 0.3) is 0 Å². The predicted molar refractivity (Wildman–Crippen MR) is 77.2 cm³/mol. The van der Waals surface area contributed by atoms with Crippen molar-refractivity contribution >= 4 is 22.4 Å². The fourth-order valence-corrected chi connectivity index (χ4v) is 2.72. The van der Waals surface area contributed by atoms with Gasteiger partial charge in [-0.05, 0) is 12.1 Å². The minimum Gasteiger partial charge on any atom is -0.359 e. The van der Waals surface area contributed by atoms with E-state index in [1.165, 1.54) is 11.3 Å². The first-order chi connectivity index (χ1) is 9.83. The number of nitrogens with one attached hydrogen (secondary N) is 1. The quantitative estimate of drug-likeness (QED) is 0.613. The largest absolute Gasteiger partial charge is 0.359 e. The number of H-pyrrole nitrogens is 1. The maximum Gasteiger partial charge on any atom is 0.193 e. The number of hydrogen-bond acceptors (Lipinski definition) is 5. The Bertz CT molecular complexity index is 873. The summed E-state index contributed by atoms with van der Waals surface area (Å²) in [4.78, 5) is 17.2. The molecule has 0 aliphatic carbocycles. The second-order valence-electron chi connectivity index (χ2n) is 4.35. The Hall–Kier alpha value is -2.54. The summed E-state index contributed by atoms with van der Waals surface area (Å²) >= 11 is 1.53. The third kappa shape index (κ3) is 1.64. The molecule has 0 saturated carbocycles. The summed E-state index contributed by atoms with van der Waals surface area (Å²) in [5.41, 5.74) is 4.62. The zero-order valence-electron chi connectivity index (χ0n) is 10.6. The molecule has 0 aromatic carbocycles. The first kappa shape index (κ1) is 11.3. The van der Waals surface area contributed by atoms with E-state index in [4.69, 9.17) is 0 Å². The van der Waals surface area contributed by atoms with Crippen molar-refractivity contribution in [3.05, 3.63) is 36.2 Å². The van der Waals surface area contributed by atoms with E-state index in [1.807, 2.05) is 25.4 Å². The monoisotopic (exact) mass is 282 g/mol. The van der Waals surface area contributed by atoms with Crippen molar-refractivity contribution in [2.45, 2.75) is 0 Å². The summed E-state index contributed by atoms with van der Waals surface area (Å²) in [7, 11) is 1.88. The molecule has 7 heteroatoms. The fraction of sp³-hybridized carbons (Fsp3) is 0.0769. The highest BCUT2D eigenvalue weighted by atomic mass is 32.1. The molecule has 1 N–H and O–H groups in total. The predicted octanol–water partition coefficient (Wildman–Crippen LogP) is 2.48. The van der Waals surface area contributed by atoms with Crippen molar-refractivity contribution in [2.75, 3.05) is 0 Å². The highest BCUT2D eigenvalue weighted by Gasteiger charge is 2.15. The van der Waals surface area contributed by atoms with Crippen molar-refractivity contribution in [1.82, 2.24) is 29.7 Å². The second kappa shape index (κ2) is 4.24. The Morgan fingerprint density at radius 2 is 2.30 bits per heavy atom. The fourth-order valence-electron chi connectivity index (χ4n) is 2.17. The Labute approximate surface area is 118 Å². The second-order valence-corrected chi connectivity index (χ2v) is 5.24. The average Bonchev–Trinajstić information content (AvgIpc) is 3.16. The maximum atomic E-state index is 4.61. The molecule has 6 nitrogen and oxygen atoms in total. The van der Waals surface area contributed by atoms with Crippen molar-refractivity contribution in [3.8, 4) is 22.1 Å². The molecule has 4 aromatic heterocycles. The van der Waals surface area contributed by atoms with Crippen molar-refractivity contribution in [3.63, 3.8) is 0 Å². The molecule has 0 bridgehead atoms. The minimum atomic E-state index is 0.690. The van der Waals surface area contributed by atoms with E-state index in [2.05, 4.69) is 25.0 Å². The molecule has 0 saturated heterocycles. The van der Waals surface area contributed by atoms with Gasteiger partial charge in [0.15, 0.2) is 11.6 Å². The Morgan fingerprint density at radius 1 is 1.35 bits per heavy atom. The van der Waals surface area contributed by atoms with Gasteiger partial charge in [0.1, 0.15) is 0 Å². The van der Waals surface area contributed by atoms with E-state index in [1.54, 1.807) is 22.6 Å². The van der Waals surface area contributed by atoms with E-state index in [0.717, 1.165) is 27.3 Å². The number of aromatic nitrogens is 6. The topological polar surface area (TPSA) is 72.3 Å². The lowest BCUT2D eigenvalue weighted by Gasteiger charge is -1.96. The zero-order valence-corrected chi connectivity index (χ0v) is 11.4. The van der Waals surface area contributed by atoms with Crippen molar-refractivity contribution < 1.29 is 0 Å². The van der Waals surface area contributed by atoms with Gasteiger partial charge in [0.05, 0.1) is 27.0 Å². The molecule has 0 atom stereocenters.